The van der Waals surface area contributed by atoms with E-state index in [-0.39, 0.29) is 22.9 Å². The van der Waals surface area contributed by atoms with Crippen LogP contribution < -0.4 is 0 Å². The lowest BCUT2D eigenvalue weighted by molar-refractivity contribution is -0.148. The van der Waals surface area contributed by atoms with Crippen molar-refractivity contribution >= 4 is 5.97 Å². The highest BCUT2D eigenvalue weighted by atomic mass is 16.6. The zero-order valence-corrected chi connectivity index (χ0v) is 10.0. The summed E-state index contributed by atoms with van der Waals surface area (Å²) in [7, 11) is 0. The highest BCUT2D eigenvalue weighted by molar-refractivity contribution is 5.80. The average Bonchev–Trinajstić information content (AvgIpc) is 2.30. The zero-order chi connectivity index (χ0) is 11.0. The van der Waals surface area contributed by atoms with E-state index < -0.39 is 0 Å². The number of esters is 1. The molecular formula is C12H22O2. The van der Waals surface area contributed by atoms with Crippen molar-refractivity contribution in [3.8, 4) is 0 Å². The summed E-state index contributed by atoms with van der Waals surface area (Å²) in [4.78, 5) is 11.8. The van der Waals surface area contributed by atoms with Crippen molar-refractivity contribution in [3.05, 3.63) is 0 Å². The second-order valence-electron chi connectivity index (χ2n) is 4.90. The van der Waals surface area contributed by atoms with Crippen LogP contribution in [0.2, 0.25) is 0 Å². The van der Waals surface area contributed by atoms with Crippen LogP contribution in [0.1, 0.15) is 53.9 Å². The molecule has 1 aliphatic rings. The molecule has 2 heteroatoms. The Bertz CT molecular complexity index is 236. The molecule has 1 heterocycles. The Kier molecular flexibility index (Phi) is 2.93. The first-order valence-electron chi connectivity index (χ1n) is 5.63. The van der Waals surface area contributed by atoms with Crippen LogP contribution in [0.15, 0.2) is 0 Å². The summed E-state index contributed by atoms with van der Waals surface area (Å²) < 4.78 is 5.40. The minimum absolute atomic E-state index is 0.00752. The van der Waals surface area contributed by atoms with Gasteiger partial charge in [-0.1, -0.05) is 27.2 Å². The summed E-state index contributed by atoms with van der Waals surface area (Å²) >= 11 is 0. The second kappa shape index (κ2) is 3.56. The third kappa shape index (κ3) is 1.27. The van der Waals surface area contributed by atoms with Crippen molar-refractivity contribution in [2.24, 2.45) is 10.8 Å². The van der Waals surface area contributed by atoms with Crippen LogP contribution in [-0.4, -0.2) is 12.1 Å². The molecule has 3 unspecified atom stereocenters. The number of hydrogen-bond acceptors (Lipinski definition) is 2. The van der Waals surface area contributed by atoms with E-state index in [1.807, 2.05) is 6.92 Å². The van der Waals surface area contributed by atoms with Gasteiger partial charge in [0, 0.05) is 5.41 Å². The predicted octanol–water partition coefficient (Wildman–Crippen LogP) is 3.15. The van der Waals surface area contributed by atoms with Gasteiger partial charge in [-0.25, -0.2) is 0 Å². The number of cyclic esters (lactones) is 1. The molecule has 82 valence electrons. The van der Waals surface area contributed by atoms with Crippen LogP contribution in [-0.2, 0) is 9.53 Å². The van der Waals surface area contributed by atoms with Crippen molar-refractivity contribution in [1.82, 2.24) is 0 Å². The second-order valence-corrected chi connectivity index (χ2v) is 4.90. The summed E-state index contributed by atoms with van der Waals surface area (Å²) in [5.41, 5.74) is -0.282. The first-order chi connectivity index (χ1) is 6.42. The Morgan fingerprint density at radius 3 is 2.36 bits per heavy atom. The summed E-state index contributed by atoms with van der Waals surface area (Å²) in [5, 5.41) is 0. The Morgan fingerprint density at radius 2 is 1.93 bits per heavy atom. The SMILES string of the molecule is CCCC1(C)C(C)OC(=O)C1(C)CC. The summed E-state index contributed by atoms with van der Waals surface area (Å²) in [5.74, 6) is -0.0107. The normalized spacial score (nSPS) is 42.6. The summed E-state index contributed by atoms with van der Waals surface area (Å²) in [6.45, 7) is 10.5. The molecule has 0 amide bonds. The molecule has 14 heavy (non-hydrogen) atoms. The van der Waals surface area contributed by atoms with E-state index >= 15 is 0 Å². The molecule has 0 aromatic carbocycles. The molecule has 1 fully saturated rings. The van der Waals surface area contributed by atoms with Gasteiger partial charge in [-0.3, -0.25) is 4.79 Å². The highest BCUT2D eigenvalue weighted by Crippen LogP contribution is 2.54. The number of carbonyl (C=O) groups is 1. The fraction of sp³-hybridized carbons (Fsp3) is 0.917. The number of ether oxygens (including phenoxy) is 1. The van der Waals surface area contributed by atoms with E-state index in [0.29, 0.717) is 0 Å². The fourth-order valence-electron chi connectivity index (χ4n) is 2.65. The molecule has 0 bridgehead atoms. The van der Waals surface area contributed by atoms with Crippen LogP contribution in [0.5, 0.6) is 0 Å². The van der Waals surface area contributed by atoms with Crippen LogP contribution >= 0.6 is 0 Å². The highest BCUT2D eigenvalue weighted by Gasteiger charge is 2.59. The molecule has 0 N–H and O–H groups in total. The first kappa shape index (κ1) is 11.5. The third-order valence-electron chi connectivity index (χ3n) is 4.37. The molecule has 0 aromatic rings. The maximum absolute atomic E-state index is 11.8. The lowest BCUT2D eigenvalue weighted by Crippen LogP contribution is -2.40. The van der Waals surface area contributed by atoms with Gasteiger partial charge in [0.2, 0.25) is 0 Å². The van der Waals surface area contributed by atoms with Gasteiger partial charge in [0.15, 0.2) is 0 Å². The zero-order valence-electron chi connectivity index (χ0n) is 10.0. The molecule has 1 saturated heterocycles. The predicted molar refractivity (Wildman–Crippen MR) is 57.0 cm³/mol. The minimum Gasteiger partial charge on any atom is -0.462 e. The molecule has 0 saturated carbocycles. The molecule has 3 atom stereocenters. The molecule has 0 aliphatic carbocycles. The maximum Gasteiger partial charge on any atom is 0.312 e. The maximum atomic E-state index is 11.8. The van der Waals surface area contributed by atoms with Gasteiger partial charge in [-0.05, 0) is 26.7 Å². The van der Waals surface area contributed by atoms with E-state index in [0.717, 1.165) is 19.3 Å². The van der Waals surface area contributed by atoms with Crippen LogP contribution in [0.3, 0.4) is 0 Å². The lowest BCUT2D eigenvalue weighted by Gasteiger charge is -2.38. The number of rotatable bonds is 3. The molecule has 2 nitrogen and oxygen atoms in total. The molecule has 1 rings (SSSR count). The van der Waals surface area contributed by atoms with E-state index in [4.69, 9.17) is 4.74 Å². The van der Waals surface area contributed by atoms with Crippen LogP contribution in [0.4, 0.5) is 0 Å². The largest absolute Gasteiger partial charge is 0.462 e. The third-order valence-corrected chi connectivity index (χ3v) is 4.37. The van der Waals surface area contributed by atoms with Crippen LogP contribution in [0, 0.1) is 10.8 Å². The lowest BCUT2D eigenvalue weighted by atomic mass is 9.61. The smallest absolute Gasteiger partial charge is 0.312 e. The van der Waals surface area contributed by atoms with Crippen molar-refractivity contribution in [2.75, 3.05) is 0 Å². The van der Waals surface area contributed by atoms with E-state index in [2.05, 4.69) is 27.7 Å². The monoisotopic (exact) mass is 198 g/mol. The molecule has 0 aromatic heterocycles. The standard InChI is InChI=1S/C12H22O2/c1-6-8-12(5)9(3)14-10(13)11(12,4)7-2/h9H,6-8H2,1-5H3. The molecule has 0 radical (unpaired) electrons. The van der Waals surface area contributed by atoms with Gasteiger partial charge in [-0.15, -0.1) is 0 Å². The van der Waals surface area contributed by atoms with Crippen molar-refractivity contribution in [2.45, 2.75) is 60.0 Å². The number of carbonyl (C=O) groups excluding carboxylic acids is 1. The molecular weight excluding hydrogens is 176 g/mol. The van der Waals surface area contributed by atoms with E-state index in [1.54, 1.807) is 0 Å². The number of hydrogen-bond donors (Lipinski definition) is 0. The van der Waals surface area contributed by atoms with Gasteiger partial charge < -0.3 is 4.74 Å². The van der Waals surface area contributed by atoms with Gasteiger partial charge in [-0.2, -0.15) is 0 Å². The van der Waals surface area contributed by atoms with Gasteiger partial charge in [0.1, 0.15) is 6.10 Å². The first-order valence-corrected chi connectivity index (χ1v) is 5.63. The fourth-order valence-corrected chi connectivity index (χ4v) is 2.65. The van der Waals surface area contributed by atoms with Crippen molar-refractivity contribution in [1.29, 1.82) is 0 Å². The Hall–Kier alpha value is -0.530. The minimum atomic E-state index is -0.289. The molecule has 0 spiro atoms. The van der Waals surface area contributed by atoms with Gasteiger partial charge in [0.05, 0.1) is 5.41 Å². The Balaban J connectivity index is 3.05. The average molecular weight is 198 g/mol. The quantitative estimate of drug-likeness (QED) is 0.651. The molecule has 1 aliphatic heterocycles. The summed E-state index contributed by atoms with van der Waals surface area (Å²) in [6.07, 6.45) is 3.09. The van der Waals surface area contributed by atoms with Crippen LogP contribution in [0.25, 0.3) is 0 Å². The summed E-state index contributed by atoms with van der Waals surface area (Å²) in [6, 6.07) is 0. The Labute approximate surface area is 87.0 Å². The Morgan fingerprint density at radius 1 is 1.36 bits per heavy atom. The van der Waals surface area contributed by atoms with Gasteiger partial charge >= 0.3 is 5.97 Å². The van der Waals surface area contributed by atoms with Gasteiger partial charge in [0.25, 0.3) is 0 Å². The van der Waals surface area contributed by atoms with E-state index in [1.165, 1.54) is 0 Å². The topological polar surface area (TPSA) is 26.3 Å². The van der Waals surface area contributed by atoms with Crippen molar-refractivity contribution in [3.63, 3.8) is 0 Å². The van der Waals surface area contributed by atoms with Crippen molar-refractivity contribution < 1.29 is 9.53 Å². The van der Waals surface area contributed by atoms with E-state index in [9.17, 15) is 4.79 Å².